The Morgan fingerprint density at radius 2 is 1.91 bits per heavy atom. The Bertz CT molecular complexity index is 91.6. The van der Waals surface area contributed by atoms with E-state index in [0.29, 0.717) is 6.04 Å². The first kappa shape index (κ1) is 10.9. The van der Waals surface area contributed by atoms with E-state index in [0.717, 1.165) is 12.5 Å². The maximum absolute atomic E-state index is 3.23. The predicted octanol–water partition coefficient (Wildman–Crippen LogP) is 1.18. The van der Waals surface area contributed by atoms with Gasteiger partial charge in [0.25, 0.3) is 0 Å². The van der Waals surface area contributed by atoms with Crippen LogP contribution in [-0.4, -0.2) is 38.6 Å². The van der Waals surface area contributed by atoms with Crippen molar-refractivity contribution < 1.29 is 0 Å². The van der Waals surface area contributed by atoms with Crippen molar-refractivity contribution in [3.05, 3.63) is 0 Å². The highest BCUT2D eigenvalue weighted by Crippen LogP contribution is 2.10. The van der Waals surface area contributed by atoms with Gasteiger partial charge in [0.05, 0.1) is 0 Å². The summed E-state index contributed by atoms with van der Waals surface area (Å²) in [7, 11) is 6.30. The maximum atomic E-state index is 3.23. The molecule has 0 rings (SSSR count). The monoisotopic (exact) mass is 158 g/mol. The van der Waals surface area contributed by atoms with Crippen LogP contribution in [0.3, 0.4) is 0 Å². The zero-order chi connectivity index (χ0) is 8.85. The molecule has 0 aliphatic carbocycles. The summed E-state index contributed by atoms with van der Waals surface area (Å²) in [6, 6.07) is 0.674. The molecule has 0 fully saturated rings. The van der Waals surface area contributed by atoms with E-state index >= 15 is 0 Å². The molecule has 11 heavy (non-hydrogen) atoms. The number of rotatable bonds is 5. The molecule has 0 radical (unpaired) electrons. The van der Waals surface area contributed by atoms with Gasteiger partial charge in [-0.25, -0.2) is 0 Å². The summed E-state index contributed by atoms with van der Waals surface area (Å²) in [5.74, 6) is 0.773. The minimum Gasteiger partial charge on any atom is -0.319 e. The second kappa shape index (κ2) is 5.56. The first-order valence-corrected chi connectivity index (χ1v) is 4.44. The Morgan fingerprint density at radius 1 is 1.36 bits per heavy atom. The number of nitrogens with zero attached hydrogens (tertiary/aromatic N) is 1. The summed E-state index contributed by atoms with van der Waals surface area (Å²) in [6.07, 6.45) is 1.25. The summed E-state index contributed by atoms with van der Waals surface area (Å²) < 4.78 is 0. The van der Waals surface area contributed by atoms with E-state index in [1.807, 2.05) is 7.05 Å². The van der Waals surface area contributed by atoms with Crippen LogP contribution in [0, 0.1) is 5.92 Å². The van der Waals surface area contributed by atoms with Crippen molar-refractivity contribution in [1.29, 1.82) is 0 Å². The second-order valence-corrected chi connectivity index (χ2v) is 3.43. The van der Waals surface area contributed by atoms with Crippen molar-refractivity contribution in [2.75, 3.05) is 27.7 Å². The molecule has 2 heteroatoms. The van der Waals surface area contributed by atoms with Crippen LogP contribution in [-0.2, 0) is 0 Å². The van der Waals surface area contributed by atoms with Crippen LogP contribution >= 0.6 is 0 Å². The van der Waals surface area contributed by atoms with Gasteiger partial charge < -0.3 is 10.2 Å². The molecule has 0 aromatic heterocycles. The quantitative estimate of drug-likeness (QED) is 0.646. The second-order valence-electron chi connectivity index (χ2n) is 3.43. The lowest BCUT2D eigenvalue weighted by Gasteiger charge is -2.28. The highest BCUT2D eigenvalue weighted by Gasteiger charge is 2.15. The first-order chi connectivity index (χ1) is 5.13. The van der Waals surface area contributed by atoms with Crippen LogP contribution in [0.1, 0.15) is 20.3 Å². The minimum atomic E-state index is 0.674. The molecule has 0 heterocycles. The summed E-state index contributed by atoms with van der Waals surface area (Å²) >= 11 is 0. The van der Waals surface area contributed by atoms with E-state index in [9.17, 15) is 0 Å². The molecule has 68 valence electrons. The van der Waals surface area contributed by atoms with E-state index in [2.05, 4.69) is 38.2 Å². The molecule has 0 spiro atoms. The molecule has 0 bridgehead atoms. The van der Waals surface area contributed by atoms with Crippen molar-refractivity contribution in [2.24, 2.45) is 5.92 Å². The number of hydrogen-bond acceptors (Lipinski definition) is 2. The Kier molecular flexibility index (Phi) is 5.51. The molecule has 2 atom stereocenters. The fourth-order valence-corrected chi connectivity index (χ4v) is 1.34. The molecule has 0 aromatic carbocycles. The van der Waals surface area contributed by atoms with Crippen molar-refractivity contribution >= 4 is 0 Å². The summed E-state index contributed by atoms with van der Waals surface area (Å²) in [5, 5.41) is 3.23. The van der Waals surface area contributed by atoms with Gasteiger partial charge >= 0.3 is 0 Å². The van der Waals surface area contributed by atoms with Gasteiger partial charge in [-0.1, -0.05) is 13.3 Å². The molecule has 0 saturated carbocycles. The molecule has 2 nitrogen and oxygen atoms in total. The standard InChI is InChI=1S/C9H22N2/c1-6-9(7-10-3)8(2)11(4)5/h8-10H,6-7H2,1-5H3. The van der Waals surface area contributed by atoms with E-state index in [1.165, 1.54) is 6.42 Å². The Balaban J connectivity index is 3.81. The molecule has 1 N–H and O–H groups in total. The zero-order valence-electron chi connectivity index (χ0n) is 8.52. The molecule has 0 saturated heterocycles. The summed E-state index contributed by atoms with van der Waals surface area (Å²) in [5.41, 5.74) is 0. The third-order valence-corrected chi connectivity index (χ3v) is 2.49. The Labute approximate surface area is 71.0 Å². The SMILES string of the molecule is CCC(CNC)C(C)N(C)C. The molecule has 2 unspecified atom stereocenters. The van der Waals surface area contributed by atoms with Crippen molar-refractivity contribution in [3.8, 4) is 0 Å². The smallest absolute Gasteiger partial charge is 0.0101 e. The largest absolute Gasteiger partial charge is 0.319 e. The Hall–Kier alpha value is -0.0800. The van der Waals surface area contributed by atoms with Crippen molar-refractivity contribution in [1.82, 2.24) is 10.2 Å². The van der Waals surface area contributed by atoms with Gasteiger partial charge in [-0.15, -0.1) is 0 Å². The lowest BCUT2D eigenvalue weighted by atomic mass is 9.97. The summed E-state index contributed by atoms with van der Waals surface area (Å²) in [6.45, 7) is 5.66. The topological polar surface area (TPSA) is 15.3 Å². The third kappa shape index (κ3) is 3.73. The van der Waals surface area contributed by atoms with E-state index in [4.69, 9.17) is 0 Å². The van der Waals surface area contributed by atoms with Gasteiger partial charge in [0, 0.05) is 6.04 Å². The van der Waals surface area contributed by atoms with Gasteiger partial charge in [-0.3, -0.25) is 0 Å². The molecule has 0 aliphatic heterocycles. The fraction of sp³-hybridized carbons (Fsp3) is 1.00. The van der Waals surface area contributed by atoms with Gasteiger partial charge in [0.15, 0.2) is 0 Å². The van der Waals surface area contributed by atoms with Crippen LogP contribution in [0.5, 0.6) is 0 Å². The van der Waals surface area contributed by atoms with Crippen LogP contribution in [0.2, 0.25) is 0 Å². The highest BCUT2D eigenvalue weighted by molar-refractivity contribution is 4.71. The van der Waals surface area contributed by atoms with Crippen LogP contribution in [0.25, 0.3) is 0 Å². The Morgan fingerprint density at radius 3 is 2.18 bits per heavy atom. The molecule has 0 aromatic rings. The van der Waals surface area contributed by atoms with Crippen LogP contribution in [0.15, 0.2) is 0 Å². The lowest BCUT2D eigenvalue weighted by Crippen LogP contribution is -2.37. The summed E-state index contributed by atoms with van der Waals surface area (Å²) in [4.78, 5) is 2.28. The van der Waals surface area contributed by atoms with Gasteiger partial charge in [0.1, 0.15) is 0 Å². The van der Waals surface area contributed by atoms with Crippen LogP contribution in [0.4, 0.5) is 0 Å². The van der Waals surface area contributed by atoms with Crippen molar-refractivity contribution in [2.45, 2.75) is 26.3 Å². The average Bonchev–Trinajstić information content (AvgIpc) is 1.98. The molecule has 0 aliphatic rings. The number of hydrogen-bond donors (Lipinski definition) is 1. The van der Waals surface area contributed by atoms with Gasteiger partial charge in [-0.05, 0) is 40.5 Å². The molecule has 0 amide bonds. The first-order valence-electron chi connectivity index (χ1n) is 4.44. The van der Waals surface area contributed by atoms with Crippen LogP contribution < -0.4 is 5.32 Å². The van der Waals surface area contributed by atoms with Gasteiger partial charge in [0.2, 0.25) is 0 Å². The average molecular weight is 158 g/mol. The maximum Gasteiger partial charge on any atom is 0.0101 e. The van der Waals surface area contributed by atoms with Crippen molar-refractivity contribution in [3.63, 3.8) is 0 Å². The highest BCUT2D eigenvalue weighted by atomic mass is 15.1. The van der Waals surface area contributed by atoms with Gasteiger partial charge in [-0.2, -0.15) is 0 Å². The normalized spacial score (nSPS) is 16.9. The van der Waals surface area contributed by atoms with E-state index in [-0.39, 0.29) is 0 Å². The fourth-order valence-electron chi connectivity index (χ4n) is 1.34. The lowest BCUT2D eigenvalue weighted by molar-refractivity contribution is 0.219. The van der Waals surface area contributed by atoms with E-state index in [1.54, 1.807) is 0 Å². The zero-order valence-corrected chi connectivity index (χ0v) is 8.52. The molecular weight excluding hydrogens is 136 g/mol. The third-order valence-electron chi connectivity index (χ3n) is 2.49. The predicted molar refractivity (Wildman–Crippen MR) is 50.9 cm³/mol. The van der Waals surface area contributed by atoms with E-state index < -0.39 is 0 Å². The molecular formula is C9H22N2. The number of nitrogens with one attached hydrogen (secondary N) is 1. The minimum absolute atomic E-state index is 0.674.